The van der Waals surface area contributed by atoms with Crippen LogP contribution in [0.1, 0.15) is 18.9 Å². The molecule has 0 radical (unpaired) electrons. The minimum absolute atomic E-state index is 0.0204. The van der Waals surface area contributed by atoms with Gasteiger partial charge in [-0.3, -0.25) is 0 Å². The van der Waals surface area contributed by atoms with Gasteiger partial charge in [-0.25, -0.2) is 19.1 Å². The standard InChI is InChI=1S/C7H11N3O4S2/c1-7(2,13)5-9-3-4(15-5)16(8,14)10-6(11)12/h3,13H,1-2H3,(H,11,12)(H2,8,10,14). The van der Waals surface area contributed by atoms with Crippen molar-refractivity contribution >= 4 is 27.3 Å². The Hall–Kier alpha value is -1.03. The summed E-state index contributed by atoms with van der Waals surface area (Å²) in [5.74, 6) is 0. The van der Waals surface area contributed by atoms with E-state index in [-0.39, 0.29) is 4.21 Å². The molecule has 0 spiro atoms. The number of nitrogens with zero attached hydrogens (tertiary/aromatic N) is 2. The van der Waals surface area contributed by atoms with Crippen LogP contribution in [0.4, 0.5) is 4.79 Å². The summed E-state index contributed by atoms with van der Waals surface area (Å²) < 4.78 is 14.6. The van der Waals surface area contributed by atoms with E-state index < -0.39 is 21.6 Å². The van der Waals surface area contributed by atoms with Gasteiger partial charge in [-0.15, -0.1) is 15.7 Å². The molecule has 1 aromatic rings. The van der Waals surface area contributed by atoms with E-state index in [9.17, 15) is 14.1 Å². The fourth-order valence-electron chi connectivity index (χ4n) is 0.838. The maximum atomic E-state index is 11.7. The van der Waals surface area contributed by atoms with Crippen molar-refractivity contribution in [3.8, 4) is 0 Å². The molecule has 0 aliphatic carbocycles. The Morgan fingerprint density at radius 1 is 1.69 bits per heavy atom. The summed E-state index contributed by atoms with van der Waals surface area (Å²) in [4.78, 5) is 14.1. The predicted octanol–water partition coefficient (Wildman–Crippen LogP) is 0.749. The second-order valence-electron chi connectivity index (χ2n) is 3.49. The smallest absolute Gasteiger partial charge is 0.440 e. The third kappa shape index (κ3) is 2.98. The maximum Gasteiger partial charge on any atom is 0.440 e. The van der Waals surface area contributed by atoms with Crippen LogP contribution >= 0.6 is 11.3 Å². The van der Waals surface area contributed by atoms with Crippen molar-refractivity contribution in [1.82, 2.24) is 4.98 Å². The first-order valence-corrected chi connectivity index (χ1v) is 6.49. The molecular formula is C7H11N3O4S2. The number of carbonyl (C=O) groups is 1. The highest BCUT2D eigenvalue weighted by Crippen LogP contribution is 2.27. The lowest BCUT2D eigenvalue weighted by Gasteiger charge is -2.12. The lowest BCUT2D eigenvalue weighted by molar-refractivity contribution is 0.0783. The zero-order valence-corrected chi connectivity index (χ0v) is 10.2. The van der Waals surface area contributed by atoms with Crippen LogP contribution in [0.5, 0.6) is 0 Å². The van der Waals surface area contributed by atoms with Gasteiger partial charge in [0.2, 0.25) is 0 Å². The molecule has 1 rings (SSSR count). The minimum Gasteiger partial charge on any atom is -0.463 e. The van der Waals surface area contributed by atoms with Gasteiger partial charge in [-0.1, -0.05) is 0 Å². The molecule has 0 saturated heterocycles. The highest BCUT2D eigenvalue weighted by molar-refractivity contribution is 7.93. The van der Waals surface area contributed by atoms with Gasteiger partial charge in [0.1, 0.15) is 14.8 Å². The first-order chi connectivity index (χ1) is 7.13. The van der Waals surface area contributed by atoms with E-state index in [1.54, 1.807) is 0 Å². The van der Waals surface area contributed by atoms with Gasteiger partial charge in [0, 0.05) is 0 Å². The fraction of sp³-hybridized carbons (Fsp3) is 0.429. The number of thiazole rings is 1. The van der Waals surface area contributed by atoms with Gasteiger partial charge in [-0.2, -0.15) is 0 Å². The molecule has 4 N–H and O–H groups in total. The lowest BCUT2D eigenvalue weighted by Crippen LogP contribution is -2.15. The molecule has 1 amide bonds. The molecule has 1 atom stereocenters. The Labute approximate surface area is 96.3 Å². The van der Waals surface area contributed by atoms with Crippen LogP contribution in [0.3, 0.4) is 0 Å². The van der Waals surface area contributed by atoms with Gasteiger partial charge in [0.15, 0.2) is 9.92 Å². The second-order valence-corrected chi connectivity index (χ2v) is 6.53. The first-order valence-electron chi connectivity index (χ1n) is 4.09. The van der Waals surface area contributed by atoms with Gasteiger partial charge in [0.25, 0.3) is 0 Å². The predicted molar refractivity (Wildman–Crippen MR) is 58.4 cm³/mol. The summed E-state index contributed by atoms with van der Waals surface area (Å²) in [5.41, 5.74) is -1.19. The number of aliphatic hydroxyl groups is 1. The zero-order valence-electron chi connectivity index (χ0n) is 8.58. The molecule has 16 heavy (non-hydrogen) atoms. The normalized spacial score (nSPS) is 15.5. The summed E-state index contributed by atoms with van der Waals surface area (Å²) in [6.07, 6.45) is -0.446. The summed E-state index contributed by atoms with van der Waals surface area (Å²) >= 11 is 0.870. The third-order valence-electron chi connectivity index (χ3n) is 1.51. The van der Waals surface area contributed by atoms with Crippen LogP contribution in [0.25, 0.3) is 0 Å². The van der Waals surface area contributed by atoms with Crippen LogP contribution < -0.4 is 5.14 Å². The van der Waals surface area contributed by atoms with Crippen molar-refractivity contribution < 1.29 is 19.2 Å². The van der Waals surface area contributed by atoms with Crippen LogP contribution in [0.2, 0.25) is 0 Å². The van der Waals surface area contributed by atoms with Crippen molar-refractivity contribution in [2.75, 3.05) is 0 Å². The molecule has 9 heteroatoms. The molecule has 0 aromatic carbocycles. The summed E-state index contributed by atoms with van der Waals surface area (Å²) in [6, 6.07) is 0. The van der Waals surface area contributed by atoms with E-state index in [2.05, 4.69) is 9.35 Å². The van der Waals surface area contributed by atoms with Gasteiger partial charge in [-0.05, 0) is 13.8 Å². The number of nitrogens with two attached hydrogens (primary N) is 1. The van der Waals surface area contributed by atoms with Crippen molar-refractivity contribution in [2.45, 2.75) is 23.7 Å². The van der Waals surface area contributed by atoms with Crippen LogP contribution in [0.15, 0.2) is 14.8 Å². The summed E-state index contributed by atoms with van der Waals surface area (Å²) in [6.45, 7) is 3.00. The highest BCUT2D eigenvalue weighted by atomic mass is 32.2. The zero-order chi connectivity index (χ0) is 12.6. The van der Waals surface area contributed by atoms with Crippen molar-refractivity contribution in [3.63, 3.8) is 0 Å². The second kappa shape index (κ2) is 4.09. The van der Waals surface area contributed by atoms with Gasteiger partial charge < -0.3 is 10.2 Å². The number of hydrogen-bond donors (Lipinski definition) is 3. The molecule has 0 aliphatic rings. The summed E-state index contributed by atoms with van der Waals surface area (Å²) in [7, 11) is -3.48. The number of rotatable bonds is 2. The Balaban J connectivity index is 3.23. The SMILES string of the molecule is CC(C)(O)c1ncc(S(N)(=O)=NC(=O)O)s1. The van der Waals surface area contributed by atoms with Gasteiger partial charge >= 0.3 is 6.09 Å². The Bertz CT molecular complexity index is 522. The van der Waals surface area contributed by atoms with E-state index in [0.717, 1.165) is 17.5 Å². The highest BCUT2D eigenvalue weighted by Gasteiger charge is 2.23. The molecule has 1 aromatic heterocycles. The van der Waals surface area contributed by atoms with Crippen molar-refractivity contribution in [3.05, 3.63) is 11.2 Å². The first kappa shape index (κ1) is 13.0. The molecule has 0 saturated carbocycles. The van der Waals surface area contributed by atoms with E-state index in [0.29, 0.717) is 5.01 Å². The quantitative estimate of drug-likeness (QED) is 0.727. The van der Waals surface area contributed by atoms with E-state index in [1.807, 2.05) is 0 Å². The summed E-state index contributed by atoms with van der Waals surface area (Å²) in [5, 5.41) is 23.6. The Kier molecular flexibility index (Phi) is 3.33. The van der Waals surface area contributed by atoms with Gasteiger partial charge in [0.05, 0.1) is 6.20 Å². The number of amides is 1. The lowest BCUT2D eigenvalue weighted by atomic mass is 10.2. The molecule has 0 bridgehead atoms. The average molecular weight is 265 g/mol. The van der Waals surface area contributed by atoms with Crippen LogP contribution in [-0.2, 0) is 15.5 Å². The Morgan fingerprint density at radius 3 is 2.62 bits per heavy atom. The van der Waals surface area contributed by atoms with Crippen LogP contribution in [0, 0.1) is 0 Å². The molecule has 7 nitrogen and oxygen atoms in total. The van der Waals surface area contributed by atoms with Crippen molar-refractivity contribution in [1.29, 1.82) is 0 Å². The van der Waals surface area contributed by atoms with E-state index in [4.69, 9.17) is 10.2 Å². The number of carboxylic acid groups (broad SMARTS) is 1. The van der Waals surface area contributed by atoms with Crippen LogP contribution in [-0.4, -0.2) is 25.5 Å². The third-order valence-corrected chi connectivity index (χ3v) is 4.69. The largest absolute Gasteiger partial charge is 0.463 e. The molecule has 0 aliphatic heterocycles. The minimum atomic E-state index is -3.48. The number of aromatic nitrogens is 1. The molecule has 1 heterocycles. The molecule has 90 valence electrons. The average Bonchev–Trinajstić information content (AvgIpc) is 2.47. The topological polar surface area (TPSA) is 126 Å². The fourth-order valence-corrected chi connectivity index (χ4v) is 2.84. The molecule has 0 fully saturated rings. The number of hydrogen-bond acceptors (Lipinski definition) is 5. The van der Waals surface area contributed by atoms with E-state index >= 15 is 0 Å². The maximum absolute atomic E-state index is 11.7. The molecular weight excluding hydrogens is 254 g/mol. The van der Waals surface area contributed by atoms with E-state index in [1.165, 1.54) is 13.8 Å². The molecule has 1 unspecified atom stereocenters. The Morgan fingerprint density at radius 2 is 2.25 bits per heavy atom. The monoisotopic (exact) mass is 265 g/mol. The van der Waals surface area contributed by atoms with Crippen molar-refractivity contribution in [2.24, 2.45) is 9.50 Å².